The second-order valence-electron chi connectivity index (χ2n) is 10.0. The molecule has 0 N–H and O–H groups in total. The minimum absolute atomic E-state index is 0.0174. The van der Waals surface area contributed by atoms with E-state index in [9.17, 15) is 26.0 Å². The number of aromatic nitrogens is 4. The third kappa shape index (κ3) is 6.30. The number of rotatable bonds is 9. The maximum absolute atomic E-state index is 13.6. The van der Waals surface area contributed by atoms with Crippen molar-refractivity contribution in [3.8, 4) is 5.69 Å². The number of methoxy groups -OCH3 is 1. The zero-order chi connectivity index (χ0) is 29.4. The molecule has 0 bridgehead atoms. The predicted molar refractivity (Wildman–Crippen MR) is 144 cm³/mol. The molecule has 41 heavy (non-hydrogen) atoms. The minimum Gasteiger partial charge on any atom is -0.383 e. The van der Waals surface area contributed by atoms with Crippen LogP contribution in [0.3, 0.4) is 0 Å². The first kappa shape index (κ1) is 29.2. The van der Waals surface area contributed by atoms with Crippen molar-refractivity contribution in [2.75, 3.05) is 39.9 Å². The van der Waals surface area contributed by atoms with Crippen LogP contribution in [0.2, 0.25) is 0 Å². The van der Waals surface area contributed by atoms with Crippen LogP contribution in [0.15, 0.2) is 59.9 Å². The molecule has 9 nitrogen and oxygen atoms in total. The summed E-state index contributed by atoms with van der Waals surface area (Å²) >= 11 is 0. The summed E-state index contributed by atoms with van der Waals surface area (Å²) in [7, 11) is -2.42. The zero-order valence-corrected chi connectivity index (χ0v) is 23.4. The Morgan fingerprint density at radius 1 is 1.05 bits per heavy atom. The first-order chi connectivity index (χ1) is 19.5. The monoisotopic (exact) mass is 594 g/mol. The number of piperazine rings is 1. The van der Waals surface area contributed by atoms with E-state index in [0.29, 0.717) is 24.4 Å². The molecule has 5 rings (SSSR count). The lowest BCUT2D eigenvalue weighted by Gasteiger charge is -2.41. The number of aryl methyl sites for hydroxylation is 1. The van der Waals surface area contributed by atoms with E-state index < -0.39 is 28.7 Å². The summed E-state index contributed by atoms with van der Waals surface area (Å²) in [6.07, 6.45) is -1.02. The van der Waals surface area contributed by atoms with Crippen molar-refractivity contribution in [3.63, 3.8) is 0 Å². The molecular weight excluding hydrogens is 564 g/mol. The number of benzene rings is 2. The lowest BCUT2D eigenvalue weighted by molar-refractivity contribution is -0.140. The van der Waals surface area contributed by atoms with Gasteiger partial charge in [0.05, 0.1) is 43.2 Å². The zero-order valence-electron chi connectivity index (χ0n) is 22.6. The van der Waals surface area contributed by atoms with Gasteiger partial charge in [0, 0.05) is 50.9 Å². The maximum atomic E-state index is 13.6. The number of fused-ring (bicyclic) bond motifs is 1. The standard InChI is InChI=1S/C27H30F4N6O3S/c1-19-13-25-20(15-33-37(25)22-5-3-21(28)4-6-22)14-24(19)26-18-36(10-9-34(26)8-7-27(29,30)31)41(38,39)23-16-32-35(17-23)11-12-40-2/h3-6,13-17,26H,7-12,18H2,1-2H3/t26-/m1/s1. The van der Waals surface area contributed by atoms with Crippen molar-refractivity contribution >= 4 is 20.9 Å². The van der Waals surface area contributed by atoms with Crippen LogP contribution in [0.5, 0.6) is 0 Å². The smallest absolute Gasteiger partial charge is 0.383 e. The normalized spacial score (nSPS) is 17.5. The average molecular weight is 595 g/mol. The Balaban J connectivity index is 1.48. The van der Waals surface area contributed by atoms with Crippen molar-refractivity contribution < 1.29 is 30.7 Å². The number of halogens is 4. The summed E-state index contributed by atoms with van der Waals surface area (Å²) in [6, 6.07) is 8.97. The quantitative estimate of drug-likeness (QED) is 0.269. The van der Waals surface area contributed by atoms with Crippen LogP contribution in [-0.4, -0.2) is 83.3 Å². The van der Waals surface area contributed by atoms with E-state index in [1.165, 1.54) is 40.6 Å². The second kappa shape index (κ2) is 11.5. The molecule has 1 saturated heterocycles. The fraction of sp³-hybridized carbons (Fsp3) is 0.407. The molecule has 0 unspecified atom stereocenters. The molecule has 0 amide bonds. The van der Waals surface area contributed by atoms with E-state index in [1.807, 2.05) is 19.1 Å². The fourth-order valence-electron chi connectivity index (χ4n) is 5.12. The first-order valence-corrected chi connectivity index (χ1v) is 14.5. The predicted octanol–water partition coefficient (Wildman–Crippen LogP) is 4.32. The van der Waals surface area contributed by atoms with Gasteiger partial charge in [0.1, 0.15) is 10.7 Å². The van der Waals surface area contributed by atoms with Gasteiger partial charge in [0.25, 0.3) is 0 Å². The molecule has 1 aliphatic rings. The Kier molecular flexibility index (Phi) is 8.19. The van der Waals surface area contributed by atoms with Gasteiger partial charge in [0.15, 0.2) is 0 Å². The lowest BCUT2D eigenvalue weighted by atomic mass is 9.96. The average Bonchev–Trinajstić information content (AvgIpc) is 3.58. The number of alkyl halides is 3. The highest BCUT2D eigenvalue weighted by Gasteiger charge is 2.38. The van der Waals surface area contributed by atoms with E-state index in [1.54, 1.807) is 27.9 Å². The van der Waals surface area contributed by atoms with Crippen molar-refractivity contribution in [3.05, 3.63) is 71.9 Å². The Hall–Kier alpha value is -3.33. The van der Waals surface area contributed by atoms with Crippen LogP contribution < -0.4 is 0 Å². The van der Waals surface area contributed by atoms with Gasteiger partial charge >= 0.3 is 6.18 Å². The second-order valence-corrected chi connectivity index (χ2v) is 12.0. The van der Waals surface area contributed by atoms with Crippen LogP contribution >= 0.6 is 0 Å². The topological polar surface area (TPSA) is 85.5 Å². The van der Waals surface area contributed by atoms with Crippen LogP contribution in [0.4, 0.5) is 17.6 Å². The molecule has 0 spiro atoms. The molecular formula is C27H30F4N6O3S. The molecule has 14 heteroatoms. The summed E-state index contributed by atoms with van der Waals surface area (Å²) in [4.78, 5) is 1.71. The molecule has 4 aromatic rings. The molecule has 0 radical (unpaired) electrons. The number of sulfonamides is 1. The highest BCUT2D eigenvalue weighted by atomic mass is 32.2. The molecule has 2 aromatic heterocycles. The summed E-state index contributed by atoms with van der Waals surface area (Å²) in [5.41, 5.74) is 2.88. The number of nitrogens with zero attached hydrogens (tertiary/aromatic N) is 6. The largest absolute Gasteiger partial charge is 0.390 e. The highest BCUT2D eigenvalue weighted by molar-refractivity contribution is 7.89. The van der Waals surface area contributed by atoms with E-state index in [2.05, 4.69) is 10.2 Å². The van der Waals surface area contributed by atoms with Crippen molar-refractivity contribution in [1.82, 2.24) is 28.8 Å². The van der Waals surface area contributed by atoms with E-state index in [4.69, 9.17) is 4.74 Å². The number of ether oxygens (including phenoxy) is 1. The number of hydrogen-bond acceptors (Lipinski definition) is 6. The van der Waals surface area contributed by atoms with Crippen LogP contribution in [-0.2, 0) is 21.3 Å². The third-order valence-corrected chi connectivity index (χ3v) is 9.11. The van der Waals surface area contributed by atoms with Crippen molar-refractivity contribution in [2.45, 2.75) is 37.0 Å². The Labute approximate surface area is 235 Å². The molecule has 2 aromatic carbocycles. The van der Waals surface area contributed by atoms with Gasteiger partial charge in [-0.3, -0.25) is 9.58 Å². The summed E-state index contributed by atoms with van der Waals surface area (Å²) in [5, 5.41) is 9.27. The molecule has 3 heterocycles. The van der Waals surface area contributed by atoms with E-state index >= 15 is 0 Å². The Morgan fingerprint density at radius 2 is 1.80 bits per heavy atom. The third-order valence-electron chi connectivity index (χ3n) is 7.29. The van der Waals surface area contributed by atoms with Gasteiger partial charge in [-0.1, -0.05) is 0 Å². The van der Waals surface area contributed by atoms with Gasteiger partial charge < -0.3 is 4.74 Å². The highest BCUT2D eigenvalue weighted by Crippen LogP contribution is 2.34. The molecule has 1 atom stereocenters. The van der Waals surface area contributed by atoms with Gasteiger partial charge in [-0.05, 0) is 54.4 Å². The van der Waals surface area contributed by atoms with Gasteiger partial charge in [-0.2, -0.15) is 27.7 Å². The Morgan fingerprint density at radius 3 is 2.51 bits per heavy atom. The number of hydrogen-bond donors (Lipinski definition) is 0. The molecule has 1 fully saturated rings. The van der Waals surface area contributed by atoms with Crippen molar-refractivity contribution in [2.24, 2.45) is 0 Å². The van der Waals surface area contributed by atoms with Gasteiger partial charge in [0.2, 0.25) is 10.0 Å². The van der Waals surface area contributed by atoms with Crippen LogP contribution in [0, 0.1) is 12.7 Å². The summed E-state index contributed by atoms with van der Waals surface area (Å²) in [6.45, 7) is 2.47. The molecule has 220 valence electrons. The van der Waals surface area contributed by atoms with Crippen LogP contribution in [0.25, 0.3) is 16.6 Å². The first-order valence-electron chi connectivity index (χ1n) is 13.0. The summed E-state index contributed by atoms with van der Waals surface area (Å²) in [5.74, 6) is -0.373. The molecule has 1 aliphatic heterocycles. The van der Waals surface area contributed by atoms with Gasteiger partial charge in [-0.25, -0.2) is 17.5 Å². The van der Waals surface area contributed by atoms with Crippen molar-refractivity contribution in [1.29, 1.82) is 0 Å². The molecule has 0 aliphatic carbocycles. The fourth-order valence-corrected chi connectivity index (χ4v) is 6.52. The van der Waals surface area contributed by atoms with E-state index in [-0.39, 0.29) is 36.9 Å². The molecule has 0 saturated carbocycles. The Bertz CT molecular complexity index is 1620. The van der Waals surface area contributed by atoms with E-state index in [0.717, 1.165) is 16.5 Å². The lowest BCUT2D eigenvalue weighted by Crippen LogP contribution is -2.51. The minimum atomic E-state index is -4.35. The van der Waals surface area contributed by atoms with Crippen LogP contribution in [0.1, 0.15) is 23.6 Å². The summed E-state index contributed by atoms with van der Waals surface area (Å²) < 4.78 is 89.7. The van der Waals surface area contributed by atoms with Gasteiger partial charge in [-0.15, -0.1) is 0 Å². The maximum Gasteiger partial charge on any atom is 0.390 e. The SMILES string of the molecule is COCCn1cc(S(=O)(=O)N2CCN(CCC(F)(F)F)[C@@H](c3cc4cnn(-c5ccc(F)cc5)c4cc3C)C2)cn1.